The zero-order chi connectivity index (χ0) is 35.2. The summed E-state index contributed by atoms with van der Waals surface area (Å²) in [6.45, 7) is 13.0. The fraction of sp³-hybridized carbons (Fsp3) is 0.250. The van der Waals surface area contributed by atoms with Gasteiger partial charge in [-0.2, -0.15) is 13.2 Å². The summed E-state index contributed by atoms with van der Waals surface area (Å²) in [5.41, 5.74) is 1.07. The number of esters is 1. The minimum absolute atomic E-state index is 0.0362. The Labute approximate surface area is 280 Å². The van der Waals surface area contributed by atoms with E-state index >= 15 is 0 Å². The number of benzene rings is 2. The van der Waals surface area contributed by atoms with Crippen molar-refractivity contribution in [3.05, 3.63) is 161 Å². The smallest absolute Gasteiger partial charge is 0.412 e. The molecule has 0 aliphatic heterocycles. The van der Waals surface area contributed by atoms with Gasteiger partial charge in [0.1, 0.15) is 29.8 Å². The van der Waals surface area contributed by atoms with Gasteiger partial charge in [-0.1, -0.05) is 104 Å². The van der Waals surface area contributed by atoms with Crippen molar-refractivity contribution in [3.63, 3.8) is 0 Å². The van der Waals surface area contributed by atoms with E-state index in [0.717, 1.165) is 24.8 Å². The van der Waals surface area contributed by atoms with E-state index in [1.54, 1.807) is 67.6 Å². The second-order valence-electron chi connectivity index (χ2n) is 11.0. The molecule has 0 spiro atoms. The van der Waals surface area contributed by atoms with Crippen molar-refractivity contribution in [1.29, 1.82) is 0 Å². The van der Waals surface area contributed by atoms with E-state index in [9.17, 15) is 22.8 Å². The highest BCUT2D eigenvalue weighted by molar-refractivity contribution is 5.97. The van der Waals surface area contributed by atoms with Crippen molar-refractivity contribution in [1.82, 2.24) is 0 Å². The van der Waals surface area contributed by atoms with Crippen LogP contribution in [0.4, 0.5) is 13.2 Å². The summed E-state index contributed by atoms with van der Waals surface area (Å²) in [5.74, 6) is 0.415. The number of hydrogen-bond acceptors (Lipinski definition) is 5. The van der Waals surface area contributed by atoms with Crippen LogP contribution in [0.25, 0.3) is 0 Å². The summed E-state index contributed by atoms with van der Waals surface area (Å²) < 4.78 is 56.2. The van der Waals surface area contributed by atoms with Crippen LogP contribution >= 0.6 is 0 Å². The van der Waals surface area contributed by atoms with Crippen LogP contribution in [0, 0.1) is 0 Å². The maximum Gasteiger partial charge on any atom is 0.412 e. The molecule has 48 heavy (non-hydrogen) atoms. The molecule has 0 fully saturated rings. The molecule has 0 amide bonds. The summed E-state index contributed by atoms with van der Waals surface area (Å²) in [4.78, 5) is 25.8. The molecule has 2 aromatic carbocycles. The molecule has 0 heterocycles. The lowest BCUT2D eigenvalue weighted by Gasteiger charge is -2.30. The highest BCUT2D eigenvalue weighted by Crippen LogP contribution is 2.32. The van der Waals surface area contributed by atoms with E-state index in [4.69, 9.17) is 14.2 Å². The van der Waals surface area contributed by atoms with Gasteiger partial charge < -0.3 is 19.0 Å². The number of alkyl halides is 3. The Bertz CT molecular complexity index is 1640. The maximum atomic E-state index is 13.4. The average molecular weight is 659 g/mol. The Morgan fingerprint density at radius 2 is 1.69 bits per heavy atom. The number of ether oxygens (including phenoxy) is 3. The SMILES string of the molecule is C=C(Cc1ccc(OC(=O)C2=CCC=CC=C2C(=CC/C=C(\C)C(F)(F)F)/C=C\C)cc1)OCC(C=O)(C(=C)OCC)c1ccccc1. The Morgan fingerprint density at radius 1 is 0.979 bits per heavy atom. The van der Waals surface area contributed by atoms with Crippen molar-refractivity contribution in [2.45, 2.75) is 51.6 Å². The van der Waals surface area contributed by atoms with E-state index in [2.05, 4.69) is 13.2 Å². The zero-order valence-corrected chi connectivity index (χ0v) is 27.5. The number of aldehydes is 1. The number of carbonyl (C=O) groups excluding carboxylic acids is 2. The second kappa shape index (κ2) is 17.7. The summed E-state index contributed by atoms with van der Waals surface area (Å²) in [7, 11) is 0. The van der Waals surface area contributed by atoms with E-state index in [0.29, 0.717) is 53.2 Å². The van der Waals surface area contributed by atoms with Gasteiger partial charge in [0.25, 0.3) is 0 Å². The number of carbonyl (C=O) groups is 2. The molecule has 1 unspecified atom stereocenters. The Balaban J connectivity index is 1.70. The summed E-state index contributed by atoms with van der Waals surface area (Å²) >= 11 is 0. The minimum atomic E-state index is -4.40. The van der Waals surface area contributed by atoms with Crippen LogP contribution in [0.15, 0.2) is 150 Å². The van der Waals surface area contributed by atoms with Gasteiger partial charge >= 0.3 is 12.1 Å². The monoisotopic (exact) mass is 658 g/mol. The molecule has 0 bridgehead atoms. The molecule has 0 aromatic heterocycles. The van der Waals surface area contributed by atoms with Crippen LogP contribution in [0.2, 0.25) is 0 Å². The van der Waals surface area contributed by atoms with Crippen molar-refractivity contribution in [3.8, 4) is 5.75 Å². The quantitative estimate of drug-likeness (QED) is 0.0449. The largest absolute Gasteiger partial charge is 0.497 e. The molecule has 0 N–H and O–H groups in total. The fourth-order valence-electron chi connectivity index (χ4n) is 4.86. The fourth-order valence-corrected chi connectivity index (χ4v) is 4.86. The highest BCUT2D eigenvalue weighted by Gasteiger charge is 2.38. The lowest BCUT2D eigenvalue weighted by Crippen LogP contribution is -2.36. The molecule has 252 valence electrons. The third-order valence-corrected chi connectivity index (χ3v) is 7.58. The van der Waals surface area contributed by atoms with E-state index in [1.165, 1.54) is 0 Å². The van der Waals surface area contributed by atoms with Crippen LogP contribution in [0.5, 0.6) is 5.75 Å². The normalized spacial score (nSPS) is 15.1. The zero-order valence-electron chi connectivity index (χ0n) is 27.5. The summed E-state index contributed by atoms with van der Waals surface area (Å²) in [6, 6.07) is 16.0. The lowest BCUT2D eigenvalue weighted by atomic mass is 9.81. The standard InChI is InChI=1S/C40H41F3O5/c1-6-15-33(17-14-16-29(3)40(41,42)43)36-20-12-9-13-21-37(36)38(45)48-35-24-22-32(23-25-35)26-30(4)47-28-39(27-44,31(5)46-7-2)34-18-10-8-11-19-34/h6,8-12,15-25,27H,4-5,7,13-14,26,28H2,1-3H3/b15-6-,29-16+,33-17?. The van der Waals surface area contributed by atoms with E-state index in [-0.39, 0.29) is 18.8 Å². The van der Waals surface area contributed by atoms with Crippen LogP contribution in [0.3, 0.4) is 0 Å². The van der Waals surface area contributed by atoms with Gasteiger partial charge in [0.05, 0.1) is 17.9 Å². The number of allylic oxidation sites excluding steroid dienone is 11. The highest BCUT2D eigenvalue weighted by atomic mass is 19.4. The molecule has 5 nitrogen and oxygen atoms in total. The Kier molecular flexibility index (Phi) is 13.8. The topological polar surface area (TPSA) is 61.8 Å². The first-order valence-electron chi connectivity index (χ1n) is 15.5. The predicted molar refractivity (Wildman–Crippen MR) is 183 cm³/mol. The first-order valence-corrected chi connectivity index (χ1v) is 15.5. The lowest BCUT2D eigenvalue weighted by molar-refractivity contribution is -0.129. The van der Waals surface area contributed by atoms with Gasteiger partial charge in [-0.05, 0) is 68.0 Å². The second-order valence-corrected chi connectivity index (χ2v) is 11.0. The number of rotatable bonds is 16. The van der Waals surface area contributed by atoms with Gasteiger partial charge in [0.2, 0.25) is 0 Å². The van der Waals surface area contributed by atoms with Crippen LogP contribution in [0.1, 0.15) is 44.7 Å². The van der Waals surface area contributed by atoms with Gasteiger partial charge in [0.15, 0.2) is 0 Å². The maximum absolute atomic E-state index is 13.4. The van der Waals surface area contributed by atoms with Gasteiger partial charge in [-0.15, -0.1) is 0 Å². The number of halogens is 3. The molecule has 8 heteroatoms. The van der Waals surface area contributed by atoms with E-state index < -0.39 is 23.1 Å². The summed E-state index contributed by atoms with van der Waals surface area (Å²) in [5, 5.41) is 0. The van der Waals surface area contributed by atoms with Crippen molar-refractivity contribution >= 4 is 12.3 Å². The third kappa shape index (κ3) is 10.2. The van der Waals surface area contributed by atoms with Gasteiger partial charge in [-0.3, -0.25) is 0 Å². The molecular formula is C40H41F3O5. The van der Waals surface area contributed by atoms with Crippen molar-refractivity contribution in [2.75, 3.05) is 13.2 Å². The van der Waals surface area contributed by atoms with E-state index in [1.807, 2.05) is 43.3 Å². The predicted octanol–water partition coefficient (Wildman–Crippen LogP) is 9.57. The first-order chi connectivity index (χ1) is 22.9. The molecule has 0 radical (unpaired) electrons. The van der Waals surface area contributed by atoms with Crippen LogP contribution < -0.4 is 4.74 Å². The molecule has 1 aliphatic rings. The molecule has 1 atom stereocenters. The van der Waals surface area contributed by atoms with Gasteiger partial charge in [0, 0.05) is 12.0 Å². The van der Waals surface area contributed by atoms with Gasteiger partial charge in [-0.25, -0.2) is 4.79 Å². The molecule has 0 saturated carbocycles. The molecule has 1 aliphatic carbocycles. The first kappa shape index (κ1) is 37.3. The third-order valence-electron chi connectivity index (χ3n) is 7.58. The van der Waals surface area contributed by atoms with Crippen LogP contribution in [-0.2, 0) is 30.9 Å². The Hall–Kier alpha value is -5.11. The number of hydrogen-bond donors (Lipinski definition) is 0. The average Bonchev–Trinajstić information content (AvgIpc) is 3.32. The molecule has 3 rings (SSSR count). The molecule has 2 aromatic rings. The van der Waals surface area contributed by atoms with Crippen molar-refractivity contribution < 1.29 is 37.0 Å². The summed E-state index contributed by atoms with van der Waals surface area (Å²) in [6.07, 6.45) is 10.7. The minimum Gasteiger partial charge on any atom is -0.497 e. The van der Waals surface area contributed by atoms with Crippen LogP contribution in [-0.4, -0.2) is 31.6 Å². The molecule has 0 saturated heterocycles. The van der Waals surface area contributed by atoms with Crippen molar-refractivity contribution in [2.24, 2.45) is 0 Å². The Morgan fingerprint density at radius 3 is 2.31 bits per heavy atom. The molecular weight excluding hydrogens is 617 g/mol.